The monoisotopic (exact) mass is 391 g/mol. The third kappa shape index (κ3) is 3.97. The molecule has 1 aliphatic heterocycles. The summed E-state index contributed by atoms with van der Waals surface area (Å²) in [7, 11) is -3.16. The number of carbonyl (C=O) groups excluding carboxylic acids is 2. The molecule has 2 aromatic rings. The first-order chi connectivity index (χ1) is 12.3. The van der Waals surface area contributed by atoms with Crippen LogP contribution < -0.4 is 4.90 Å². The Morgan fingerprint density at radius 2 is 1.58 bits per heavy atom. The average Bonchev–Trinajstić information content (AvgIpc) is 2.95. The normalized spacial score (nSPS) is 18.5. The van der Waals surface area contributed by atoms with E-state index in [1.165, 1.54) is 11.8 Å². The predicted molar refractivity (Wildman–Crippen MR) is 102 cm³/mol. The first-order valence-electron chi connectivity index (χ1n) is 8.17. The highest BCUT2D eigenvalue weighted by molar-refractivity contribution is 7.91. The molecule has 5 nitrogen and oxygen atoms in total. The summed E-state index contributed by atoms with van der Waals surface area (Å²) in [4.78, 5) is 26.1. The van der Waals surface area contributed by atoms with Gasteiger partial charge >= 0.3 is 0 Å². The van der Waals surface area contributed by atoms with Crippen molar-refractivity contribution < 1.29 is 18.0 Å². The molecule has 136 valence electrons. The van der Waals surface area contributed by atoms with Gasteiger partial charge in [0.2, 0.25) is 0 Å². The molecule has 0 bridgehead atoms. The van der Waals surface area contributed by atoms with Crippen molar-refractivity contribution >= 4 is 38.8 Å². The zero-order valence-electron chi connectivity index (χ0n) is 14.2. The van der Waals surface area contributed by atoms with E-state index in [0.717, 1.165) is 0 Å². The fraction of sp³-hybridized carbons (Fsp3) is 0.263. The highest BCUT2D eigenvalue weighted by Gasteiger charge is 2.36. The number of rotatable bonds is 4. The van der Waals surface area contributed by atoms with Crippen LogP contribution in [0.5, 0.6) is 0 Å². The van der Waals surface area contributed by atoms with Gasteiger partial charge in [-0.1, -0.05) is 11.6 Å². The molecule has 1 heterocycles. The Kier molecular flexibility index (Phi) is 5.16. The minimum atomic E-state index is -3.16. The molecule has 1 fully saturated rings. The summed E-state index contributed by atoms with van der Waals surface area (Å²) in [6.07, 6.45) is 0.385. The summed E-state index contributed by atoms with van der Waals surface area (Å²) < 4.78 is 23.8. The standard InChI is InChI=1S/C19H18ClNO4S/c1-13(22)14-4-8-17(9-5-14)21(18-10-11-26(24,25)12-18)19(23)15-2-6-16(20)7-3-15/h2-9,18H,10-12H2,1H3. The number of nitrogens with zero attached hydrogens (tertiary/aromatic N) is 1. The number of hydrogen-bond donors (Lipinski definition) is 0. The van der Waals surface area contributed by atoms with E-state index >= 15 is 0 Å². The van der Waals surface area contributed by atoms with Gasteiger partial charge in [0.15, 0.2) is 15.6 Å². The third-order valence-corrected chi connectivity index (χ3v) is 6.44. The van der Waals surface area contributed by atoms with Crippen molar-refractivity contribution in [2.24, 2.45) is 0 Å². The van der Waals surface area contributed by atoms with Gasteiger partial charge in [-0.25, -0.2) is 8.42 Å². The van der Waals surface area contributed by atoms with Gasteiger partial charge in [0.05, 0.1) is 17.5 Å². The van der Waals surface area contributed by atoms with Crippen LogP contribution in [0.15, 0.2) is 48.5 Å². The molecule has 0 radical (unpaired) electrons. The van der Waals surface area contributed by atoms with Crippen LogP contribution in [0.3, 0.4) is 0 Å². The summed E-state index contributed by atoms with van der Waals surface area (Å²) in [5.74, 6) is -0.371. The molecule has 0 spiro atoms. The van der Waals surface area contributed by atoms with Crippen molar-refractivity contribution in [2.75, 3.05) is 16.4 Å². The Morgan fingerprint density at radius 3 is 2.08 bits per heavy atom. The van der Waals surface area contributed by atoms with Crippen molar-refractivity contribution in [3.05, 3.63) is 64.7 Å². The summed E-state index contributed by atoms with van der Waals surface area (Å²) in [6, 6.07) is 12.7. The van der Waals surface area contributed by atoms with Gasteiger partial charge in [-0.05, 0) is 61.9 Å². The zero-order chi connectivity index (χ0) is 18.9. The maximum Gasteiger partial charge on any atom is 0.258 e. The number of sulfone groups is 1. The van der Waals surface area contributed by atoms with Crippen LogP contribution in [0.25, 0.3) is 0 Å². The molecule has 26 heavy (non-hydrogen) atoms. The van der Waals surface area contributed by atoms with Gasteiger partial charge in [-0.3, -0.25) is 9.59 Å². The van der Waals surface area contributed by atoms with Gasteiger partial charge in [0, 0.05) is 21.8 Å². The molecule has 2 aromatic carbocycles. The second-order valence-corrected chi connectivity index (χ2v) is 9.01. The van der Waals surface area contributed by atoms with Crippen molar-refractivity contribution in [3.8, 4) is 0 Å². The van der Waals surface area contributed by atoms with Crippen LogP contribution in [-0.2, 0) is 9.84 Å². The number of carbonyl (C=O) groups is 2. The fourth-order valence-electron chi connectivity index (χ4n) is 3.06. The van der Waals surface area contributed by atoms with Crippen molar-refractivity contribution in [2.45, 2.75) is 19.4 Å². The van der Waals surface area contributed by atoms with Crippen molar-refractivity contribution in [1.29, 1.82) is 0 Å². The molecule has 7 heteroatoms. The molecule has 0 N–H and O–H groups in total. The summed E-state index contributed by atoms with van der Waals surface area (Å²) in [5.41, 5.74) is 1.53. The van der Waals surface area contributed by atoms with Gasteiger partial charge in [-0.2, -0.15) is 0 Å². The quantitative estimate of drug-likeness (QED) is 0.749. The lowest BCUT2D eigenvalue weighted by Gasteiger charge is -2.28. The molecule has 3 rings (SSSR count). The molecule has 1 unspecified atom stereocenters. The van der Waals surface area contributed by atoms with Gasteiger partial charge in [0.25, 0.3) is 5.91 Å². The Hall–Kier alpha value is -2.18. The second-order valence-electron chi connectivity index (χ2n) is 6.34. The van der Waals surface area contributed by atoms with Crippen LogP contribution in [0.2, 0.25) is 5.02 Å². The number of halogens is 1. The zero-order valence-corrected chi connectivity index (χ0v) is 15.8. The highest BCUT2D eigenvalue weighted by Crippen LogP contribution is 2.27. The molecular formula is C19H18ClNO4S. The van der Waals surface area contributed by atoms with E-state index in [2.05, 4.69) is 0 Å². The SMILES string of the molecule is CC(=O)c1ccc(N(C(=O)c2ccc(Cl)cc2)C2CCS(=O)(=O)C2)cc1. The van der Waals surface area contributed by atoms with E-state index in [0.29, 0.717) is 28.3 Å². The summed E-state index contributed by atoms with van der Waals surface area (Å²) >= 11 is 5.89. The molecule has 1 amide bonds. The maximum absolute atomic E-state index is 13.1. The fourth-order valence-corrected chi connectivity index (χ4v) is 4.89. The number of benzene rings is 2. The van der Waals surface area contributed by atoms with Crippen molar-refractivity contribution in [3.63, 3.8) is 0 Å². The van der Waals surface area contributed by atoms with Crippen LogP contribution >= 0.6 is 11.6 Å². The molecule has 0 aliphatic carbocycles. The smallest absolute Gasteiger partial charge is 0.258 e. The summed E-state index contributed by atoms with van der Waals surface area (Å²) in [6.45, 7) is 1.47. The van der Waals surface area contributed by atoms with Gasteiger partial charge in [0.1, 0.15) is 0 Å². The number of Topliss-reactive ketones (excluding diaryl/α,β-unsaturated/α-hetero) is 1. The lowest BCUT2D eigenvalue weighted by Crippen LogP contribution is -2.41. The molecule has 1 aliphatic rings. The summed E-state index contributed by atoms with van der Waals surface area (Å²) in [5, 5.41) is 0.516. The number of hydrogen-bond acceptors (Lipinski definition) is 4. The molecule has 0 aromatic heterocycles. The first kappa shape index (κ1) is 18.6. The Morgan fingerprint density at radius 1 is 1.00 bits per heavy atom. The highest BCUT2D eigenvalue weighted by atomic mass is 35.5. The molecule has 1 saturated heterocycles. The number of amides is 1. The number of anilines is 1. The average molecular weight is 392 g/mol. The van der Waals surface area contributed by atoms with Crippen LogP contribution in [0.1, 0.15) is 34.1 Å². The van der Waals surface area contributed by atoms with E-state index in [9.17, 15) is 18.0 Å². The van der Waals surface area contributed by atoms with Crippen LogP contribution in [0, 0.1) is 0 Å². The largest absolute Gasteiger partial charge is 0.304 e. The third-order valence-electron chi connectivity index (χ3n) is 4.44. The molecule has 0 saturated carbocycles. The Labute approximate surface area is 157 Å². The van der Waals surface area contributed by atoms with Crippen LogP contribution in [0.4, 0.5) is 5.69 Å². The van der Waals surface area contributed by atoms with E-state index in [1.807, 2.05) is 0 Å². The second kappa shape index (κ2) is 7.21. The number of ketones is 1. The van der Waals surface area contributed by atoms with Gasteiger partial charge in [-0.15, -0.1) is 0 Å². The predicted octanol–water partition coefficient (Wildman–Crippen LogP) is 3.38. The Balaban J connectivity index is 2.00. The minimum absolute atomic E-state index is 0.0631. The molecular weight excluding hydrogens is 374 g/mol. The minimum Gasteiger partial charge on any atom is -0.304 e. The van der Waals surface area contributed by atoms with E-state index in [-0.39, 0.29) is 23.2 Å². The molecule has 1 atom stereocenters. The first-order valence-corrected chi connectivity index (χ1v) is 10.4. The van der Waals surface area contributed by atoms with Gasteiger partial charge < -0.3 is 4.90 Å². The van der Waals surface area contributed by atoms with Crippen LogP contribution in [-0.4, -0.2) is 37.7 Å². The maximum atomic E-state index is 13.1. The topological polar surface area (TPSA) is 71.5 Å². The lowest BCUT2D eigenvalue weighted by atomic mass is 10.1. The van der Waals surface area contributed by atoms with E-state index in [4.69, 9.17) is 11.6 Å². The van der Waals surface area contributed by atoms with Crippen molar-refractivity contribution in [1.82, 2.24) is 0 Å². The Bertz CT molecular complexity index is 937. The van der Waals surface area contributed by atoms with E-state index in [1.54, 1.807) is 48.5 Å². The van der Waals surface area contributed by atoms with E-state index < -0.39 is 15.9 Å². The lowest BCUT2D eigenvalue weighted by molar-refractivity contribution is 0.0978.